The number of halogens is 2. The average Bonchev–Trinajstić information content (AvgIpc) is 2.80. The summed E-state index contributed by atoms with van der Waals surface area (Å²) in [6, 6.07) is 20.2. The Hall–Kier alpha value is -3.22. The van der Waals surface area contributed by atoms with Crippen LogP contribution in [0.5, 0.6) is 0 Å². The summed E-state index contributed by atoms with van der Waals surface area (Å²) >= 11 is 6.45. The standard InChI is InChI=1S/C27H29ClFN3O2/c1-27(2,17-30)18-32(26(34)20-9-6-10-22(29)14-20)16-21-15-23(11-12-24(21)28)31-25(33)13-19-7-4-3-5-8-19/h3-12,14-15H,13,16-18,30H2,1-2H3,(H,31,33). The highest BCUT2D eigenvalue weighted by atomic mass is 35.5. The van der Waals surface area contributed by atoms with Crippen LogP contribution in [-0.4, -0.2) is 29.8 Å². The molecule has 0 spiro atoms. The van der Waals surface area contributed by atoms with E-state index in [2.05, 4.69) is 5.32 Å². The Bertz CT molecular complexity index is 1150. The van der Waals surface area contributed by atoms with E-state index >= 15 is 0 Å². The third kappa shape index (κ3) is 7.14. The van der Waals surface area contributed by atoms with Gasteiger partial charge in [0, 0.05) is 29.4 Å². The zero-order valence-corrected chi connectivity index (χ0v) is 20.1. The highest BCUT2D eigenvalue weighted by Crippen LogP contribution is 2.26. The number of hydrogen-bond acceptors (Lipinski definition) is 3. The van der Waals surface area contributed by atoms with Crippen LogP contribution < -0.4 is 11.1 Å². The first-order valence-corrected chi connectivity index (χ1v) is 11.4. The van der Waals surface area contributed by atoms with Gasteiger partial charge in [0.15, 0.2) is 0 Å². The maximum atomic E-state index is 13.8. The van der Waals surface area contributed by atoms with Gasteiger partial charge in [-0.3, -0.25) is 9.59 Å². The van der Waals surface area contributed by atoms with E-state index in [0.29, 0.717) is 29.4 Å². The third-order valence-electron chi connectivity index (χ3n) is 5.43. The first-order valence-electron chi connectivity index (χ1n) is 11.0. The molecule has 0 aliphatic carbocycles. The van der Waals surface area contributed by atoms with Crippen LogP contribution in [0.15, 0.2) is 72.8 Å². The fourth-order valence-electron chi connectivity index (χ4n) is 3.55. The zero-order valence-electron chi connectivity index (χ0n) is 19.4. The van der Waals surface area contributed by atoms with Gasteiger partial charge in [-0.1, -0.05) is 61.8 Å². The molecular weight excluding hydrogens is 453 g/mol. The van der Waals surface area contributed by atoms with Crippen molar-refractivity contribution < 1.29 is 14.0 Å². The molecule has 7 heteroatoms. The highest BCUT2D eigenvalue weighted by molar-refractivity contribution is 6.31. The number of nitrogens with two attached hydrogens (primary N) is 1. The Labute approximate surface area is 204 Å². The van der Waals surface area contributed by atoms with Crippen LogP contribution in [0, 0.1) is 11.2 Å². The molecule has 0 aliphatic rings. The fourth-order valence-corrected chi connectivity index (χ4v) is 3.73. The molecule has 34 heavy (non-hydrogen) atoms. The molecule has 0 atom stereocenters. The van der Waals surface area contributed by atoms with Gasteiger partial charge < -0.3 is 16.0 Å². The van der Waals surface area contributed by atoms with Crippen molar-refractivity contribution in [1.82, 2.24) is 4.90 Å². The van der Waals surface area contributed by atoms with Gasteiger partial charge in [0.1, 0.15) is 5.82 Å². The molecule has 0 aliphatic heterocycles. The largest absolute Gasteiger partial charge is 0.334 e. The summed E-state index contributed by atoms with van der Waals surface area (Å²) < 4.78 is 13.8. The molecule has 0 bridgehead atoms. The number of nitrogens with zero attached hydrogens (tertiary/aromatic N) is 1. The van der Waals surface area contributed by atoms with Crippen molar-refractivity contribution in [3.63, 3.8) is 0 Å². The van der Waals surface area contributed by atoms with Crippen molar-refractivity contribution in [2.75, 3.05) is 18.4 Å². The van der Waals surface area contributed by atoms with Gasteiger partial charge in [0.05, 0.1) is 6.42 Å². The van der Waals surface area contributed by atoms with Crippen LogP contribution in [0.4, 0.5) is 10.1 Å². The Morgan fingerprint density at radius 3 is 2.44 bits per heavy atom. The number of carbonyl (C=O) groups excluding carboxylic acids is 2. The first kappa shape index (κ1) is 25.4. The summed E-state index contributed by atoms with van der Waals surface area (Å²) in [4.78, 5) is 27.4. The van der Waals surface area contributed by atoms with Crippen molar-refractivity contribution in [2.24, 2.45) is 11.1 Å². The van der Waals surface area contributed by atoms with Crippen molar-refractivity contribution in [3.8, 4) is 0 Å². The van der Waals surface area contributed by atoms with E-state index in [1.807, 2.05) is 44.2 Å². The molecule has 0 fully saturated rings. The Kier molecular flexibility index (Phi) is 8.42. The SMILES string of the molecule is CC(C)(CN)CN(Cc1cc(NC(=O)Cc2ccccc2)ccc1Cl)C(=O)c1cccc(F)c1. The van der Waals surface area contributed by atoms with Crippen LogP contribution in [0.25, 0.3) is 0 Å². The zero-order chi connectivity index (χ0) is 24.7. The molecule has 3 rings (SSSR count). The summed E-state index contributed by atoms with van der Waals surface area (Å²) in [6.07, 6.45) is 0.244. The van der Waals surface area contributed by atoms with E-state index in [-0.39, 0.29) is 35.8 Å². The van der Waals surface area contributed by atoms with Crippen LogP contribution in [-0.2, 0) is 17.8 Å². The molecule has 3 aromatic carbocycles. The van der Waals surface area contributed by atoms with Gasteiger partial charge >= 0.3 is 0 Å². The minimum Gasteiger partial charge on any atom is -0.334 e. The van der Waals surface area contributed by atoms with Crippen LogP contribution in [0.3, 0.4) is 0 Å². The first-order chi connectivity index (χ1) is 16.2. The van der Waals surface area contributed by atoms with E-state index in [4.69, 9.17) is 17.3 Å². The number of amides is 2. The minimum atomic E-state index is -0.481. The van der Waals surface area contributed by atoms with Gasteiger partial charge in [0.25, 0.3) is 5.91 Å². The molecule has 0 radical (unpaired) electrons. The Morgan fingerprint density at radius 2 is 1.76 bits per heavy atom. The molecule has 2 amide bonds. The second-order valence-corrected chi connectivity index (χ2v) is 9.46. The lowest BCUT2D eigenvalue weighted by Gasteiger charge is -2.32. The molecule has 0 aromatic heterocycles. The van der Waals surface area contributed by atoms with E-state index in [9.17, 15) is 14.0 Å². The van der Waals surface area contributed by atoms with E-state index in [0.717, 1.165) is 5.56 Å². The predicted octanol–water partition coefficient (Wildman–Crippen LogP) is 5.29. The van der Waals surface area contributed by atoms with Crippen LogP contribution >= 0.6 is 11.6 Å². The summed E-state index contributed by atoms with van der Waals surface area (Å²) in [5.74, 6) is -0.961. The van der Waals surface area contributed by atoms with Gasteiger partial charge in [-0.2, -0.15) is 0 Å². The van der Waals surface area contributed by atoms with E-state index in [1.54, 1.807) is 29.2 Å². The van der Waals surface area contributed by atoms with Gasteiger partial charge in [-0.25, -0.2) is 4.39 Å². The van der Waals surface area contributed by atoms with Gasteiger partial charge in [-0.05, 0) is 59.5 Å². The Balaban J connectivity index is 1.82. The lowest BCUT2D eigenvalue weighted by molar-refractivity contribution is -0.115. The number of nitrogens with one attached hydrogen (secondary N) is 1. The van der Waals surface area contributed by atoms with Gasteiger partial charge in [0.2, 0.25) is 5.91 Å². The summed E-state index contributed by atoms with van der Waals surface area (Å²) in [5.41, 5.74) is 7.95. The van der Waals surface area contributed by atoms with Crippen LogP contribution in [0.1, 0.15) is 35.3 Å². The minimum absolute atomic E-state index is 0.156. The number of benzene rings is 3. The van der Waals surface area contributed by atoms with Crippen molar-refractivity contribution in [2.45, 2.75) is 26.8 Å². The molecule has 3 N–H and O–H groups in total. The molecule has 178 valence electrons. The topological polar surface area (TPSA) is 75.4 Å². The highest BCUT2D eigenvalue weighted by Gasteiger charge is 2.26. The maximum Gasteiger partial charge on any atom is 0.254 e. The van der Waals surface area contributed by atoms with E-state index in [1.165, 1.54) is 18.2 Å². The summed E-state index contributed by atoms with van der Waals surface area (Å²) in [7, 11) is 0. The van der Waals surface area contributed by atoms with Crippen molar-refractivity contribution in [3.05, 3.63) is 100 Å². The molecule has 0 heterocycles. The quantitative estimate of drug-likeness (QED) is 0.436. The number of hydrogen-bond donors (Lipinski definition) is 2. The molecule has 0 saturated carbocycles. The summed E-state index contributed by atoms with van der Waals surface area (Å²) in [6.45, 7) is 4.81. The molecular formula is C27H29ClFN3O2. The fraction of sp³-hybridized carbons (Fsp3) is 0.259. The summed E-state index contributed by atoms with van der Waals surface area (Å²) in [5, 5.41) is 3.35. The molecule has 3 aromatic rings. The molecule has 0 unspecified atom stereocenters. The average molecular weight is 482 g/mol. The second kappa shape index (κ2) is 11.3. The van der Waals surface area contributed by atoms with Crippen molar-refractivity contribution in [1.29, 1.82) is 0 Å². The normalized spacial score (nSPS) is 11.2. The number of rotatable bonds is 9. The lowest BCUT2D eigenvalue weighted by atomic mass is 9.92. The van der Waals surface area contributed by atoms with E-state index < -0.39 is 5.82 Å². The van der Waals surface area contributed by atoms with Gasteiger partial charge in [-0.15, -0.1) is 0 Å². The molecule has 0 saturated heterocycles. The third-order valence-corrected chi connectivity index (χ3v) is 5.80. The predicted molar refractivity (Wildman–Crippen MR) is 134 cm³/mol. The lowest BCUT2D eigenvalue weighted by Crippen LogP contribution is -2.41. The monoisotopic (exact) mass is 481 g/mol. The Morgan fingerprint density at radius 1 is 1.03 bits per heavy atom. The van der Waals surface area contributed by atoms with Crippen LogP contribution in [0.2, 0.25) is 5.02 Å². The maximum absolute atomic E-state index is 13.8. The van der Waals surface area contributed by atoms with Crippen molar-refractivity contribution >= 4 is 29.1 Å². The second-order valence-electron chi connectivity index (χ2n) is 9.06. The molecule has 5 nitrogen and oxygen atoms in total. The smallest absolute Gasteiger partial charge is 0.254 e. The number of anilines is 1. The number of carbonyl (C=O) groups is 2.